The molecule has 1 unspecified atom stereocenters. The number of carbonyl (C=O) groups is 1. The van der Waals surface area contributed by atoms with E-state index in [0.717, 1.165) is 22.5 Å². The molecule has 5 nitrogen and oxygen atoms in total. The first-order valence-electron chi connectivity index (χ1n) is 7.02. The number of nitrogens with zero attached hydrogens (tertiary/aromatic N) is 3. The van der Waals surface area contributed by atoms with Crippen LogP contribution in [-0.2, 0) is 6.42 Å². The van der Waals surface area contributed by atoms with E-state index in [9.17, 15) is 4.79 Å². The van der Waals surface area contributed by atoms with Gasteiger partial charge < -0.3 is 9.88 Å². The molecule has 1 aliphatic rings. The van der Waals surface area contributed by atoms with Gasteiger partial charge in [-0.3, -0.25) is 4.79 Å². The van der Waals surface area contributed by atoms with Crippen LogP contribution in [0.2, 0.25) is 5.02 Å². The third-order valence-corrected chi connectivity index (χ3v) is 5.38. The zero-order valence-corrected chi connectivity index (χ0v) is 13.4. The molecule has 1 atom stereocenters. The van der Waals surface area contributed by atoms with Crippen LogP contribution >= 0.6 is 22.9 Å². The summed E-state index contributed by atoms with van der Waals surface area (Å²) in [5.41, 5.74) is 4.36. The van der Waals surface area contributed by atoms with Gasteiger partial charge in [-0.1, -0.05) is 17.7 Å². The molecular formula is C15H13ClN4OS. The number of hydrogen-bond donors (Lipinski definition) is 1. The first-order valence-corrected chi connectivity index (χ1v) is 8.28. The maximum absolute atomic E-state index is 12.8. The number of para-hydroxylation sites is 1. The lowest BCUT2D eigenvalue weighted by molar-refractivity contribution is 0.0669. The largest absolute Gasteiger partial charge is 0.334 e. The average molecular weight is 333 g/mol. The third kappa shape index (κ3) is 2.02. The topological polar surface area (TPSA) is 61.9 Å². The molecule has 0 aliphatic carbocycles. The molecule has 22 heavy (non-hydrogen) atoms. The van der Waals surface area contributed by atoms with Gasteiger partial charge in [-0.2, -0.15) is 0 Å². The van der Waals surface area contributed by atoms with E-state index in [1.807, 2.05) is 29.5 Å². The summed E-state index contributed by atoms with van der Waals surface area (Å²) in [6.07, 6.45) is 0.788. The minimum Gasteiger partial charge on any atom is -0.334 e. The lowest BCUT2D eigenvalue weighted by atomic mass is 10.1. The van der Waals surface area contributed by atoms with Crippen LogP contribution in [0.25, 0.3) is 11.0 Å². The maximum atomic E-state index is 12.8. The van der Waals surface area contributed by atoms with E-state index >= 15 is 0 Å². The predicted octanol–water partition coefficient (Wildman–Crippen LogP) is 3.43. The van der Waals surface area contributed by atoms with Crippen LogP contribution in [0.5, 0.6) is 0 Å². The SMILES string of the molecule is CC1c2scnc2CCN1C(=O)c1nc2c(Cl)cccc2[nH]1. The average Bonchev–Trinajstić information content (AvgIpc) is 3.14. The van der Waals surface area contributed by atoms with Gasteiger partial charge in [-0.25, -0.2) is 9.97 Å². The van der Waals surface area contributed by atoms with Crippen molar-refractivity contribution in [1.29, 1.82) is 0 Å². The third-order valence-electron chi connectivity index (χ3n) is 4.04. The number of rotatable bonds is 1. The van der Waals surface area contributed by atoms with Gasteiger partial charge >= 0.3 is 0 Å². The van der Waals surface area contributed by atoms with Crippen molar-refractivity contribution in [2.24, 2.45) is 0 Å². The molecule has 112 valence electrons. The number of benzene rings is 1. The highest BCUT2D eigenvalue weighted by atomic mass is 35.5. The summed E-state index contributed by atoms with van der Waals surface area (Å²) in [5, 5.41) is 0.546. The summed E-state index contributed by atoms with van der Waals surface area (Å²) in [6, 6.07) is 5.50. The minimum atomic E-state index is -0.0983. The van der Waals surface area contributed by atoms with E-state index in [-0.39, 0.29) is 11.9 Å². The fraction of sp³-hybridized carbons (Fsp3) is 0.267. The van der Waals surface area contributed by atoms with Gasteiger partial charge in [0.2, 0.25) is 0 Å². The van der Waals surface area contributed by atoms with Crippen LogP contribution in [0.4, 0.5) is 0 Å². The molecule has 1 N–H and O–H groups in total. The van der Waals surface area contributed by atoms with Crippen LogP contribution < -0.4 is 0 Å². The number of aromatic amines is 1. The van der Waals surface area contributed by atoms with Crippen LogP contribution in [0.1, 0.15) is 34.2 Å². The second kappa shape index (κ2) is 5.07. The van der Waals surface area contributed by atoms with Gasteiger partial charge in [0.1, 0.15) is 5.52 Å². The minimum absolute atomic E-state index is 0.0208. The first-order chi connectivity index (χ1) is 10.6. The molecule has 0 bridgehead atoms. The number of nitrogens with one attached hydrogen (secondary N) is 1. The Bertz CT molecular complexity index is 871. The van der Waals surface area contributed by atoms with Gasteiger partial charge in [0.25, 0.3) is 5.91 Å². The standard InChI is InChI=1S/C15H13ClN4OS/c1-8-13-11(17-7-22-13)5-6-20(8)15(21)14-18-10-4-2-3-9(16)12(10)19-14/h2-4,7-8H,5-6H2,1H3,(H,18,19). The highest BCUT2D eigenvalue weighted by Crippen LogP contribution is 2.33. The molecule has 4 rings (SSSR count). The highest BCUT2D eigenvalue weighted by Gasteiger charge is 2.31. The molecule has 3 aromatic rings. The molecule has 0 saturated heterocycles. The fourth-order valence-electron chi connectivity index (χ4n) is 2.88. The number of aromatic nitrogens is 3. The zero-order valence-electron chi connectivity index (χ0n) is 11.8. The number of thiazole rings is 1. The molecule has 0 radical (unpaired) electrons. The Balaban J connectivity index is 1.70. The summed E-state index contributed by atoms with van der Waals surface area (Å²) in [6.45, 7) is 2.69. The number of H-pyrrole nitrogens is 1. The molecule has 1 aromatic carbocycles. The van der Waals surface area contributed by atoms with Crippen molar-refractivity contribution < 1.29 is 4.79 Å². The van der Waals surface area contributed by atoms with Gasteiger partial charge in [0, 0.05) is 17.8 Å². The Hall–Kier alpha value is -1.92. The summed E-state index contributed by atoms with van der Waals surface area (Å²) in [4.78, 5) is 27.6. The summed E-state index contributed by atoms with van der Waals surface area (Å²) in [5.74, 6) is 0.238. The lowest BCUT2D eigenvalue weighted by Crippen LogP contribution is -2.38. The van der Waals surface area contributed by atoms with E-state index in [4.69, 9.17) is 11.6 Å². The Morgan fingerprint density at radius 2 is 2.36 bits per heavy atom. The molecule has 1 aliphatic heterocycles. The number of fused-ring (bicyclic) bond motifs is 2. The van der Waals surface area contributed by atoms with Crippen molar-refractivity contribution in [3.63, 3.8) is 0 Å². The van der Waals surface area contributed by atoms with Crippen molar-refractivity contribution >= 4 is 39.9 Å². The molecule has 0 spiro atoms. The fourth-order valence-corrected chi connectivity index (χ4v) is 4.00. The van der Waals surface area contributed by atoms with Gasteiger partial charge in [0.05, 0.1) is 27.8 Å². The normalized spacial score (nSPS) is 17.7. The number of hydrogen-bond acceptors (Lipinski definition) is 4. The van der Waals surface area contributed by atoms with Crippen molar-refractivity contribution in [2.45, 2.75) is 19.4 Å². The van der Waals surface area contributed by atoms with Gasteiger partial charge in [-0.15, -0.1) is 11.3 Å². The zero-order chi connectivity index (χ0) is 15.3. The van der Waals surface area contributed by atoms with Crippen LogP contribution in [0.3, 0.4) is 0 Å². The highest BCUT2D eigenvalue weighted by molar-refractivity contribution is 7.09. The second-order valence-corrected chi connectivity index (χ2v) is 6.60. The Morgan fingerprint density at radius 3 is 3.18 bits per heavy atom. The Morgan fingerprint density at radius 1 is 1.50 bits per heavy atom. The smallest absolute Gasteiger partial charge is 0.290 e. The van der Waals surface area contributed by atoms with E-state index in [0.29, 0.717) is 22.9 Å². The molecule has 0 fully saturated rings. The molecular weight excluding hydrogens is 320 g/mol. The van der Waals surface area contributed by atoms with Crippen molar-refractivity contribution in [1.82, 2.24) is 19.9 Å². The van der Waals surface area contributed by atoms with Gasteiger partial charge in [0.15, 0.2) is 5.82 Å². The maximum Gasteiger partial charge on any atom is 0.290 e. The summed E-state index contributed by atoms with van der Waals surface area (Å²) >= 11 is 7.73. The van der Waals surface area contributed by atoms with E-state index in [1.165, 1.54) is 0 Å². The van der Waals surface area contributed by atoms with Gasteiger partial charge in [-0.05, 0) is 19.1 Å². The van der Waals surface area contributed by atoms with E-state index < -0.39 is 0 Å². The van der Waals surface area contributed by atoms with Crippen molar-refractivity contribution in [3.8, 4) is 0 Å². The molecule has 3 heterocycles. The Kier molecular flexibility index (Phi) is 3.16. The molecule has 2 aromatic heterocycles. The number of imidazole rings is 1. The predicted molar refractivity (Wildman–Crippen MR) is 86.4 cm³/mol. The summed E-state index contributed by atoms with van der Waals surface area (Å²) in [7, 11) is 0. The quantitative estimate of drug-likeness (QED) is 0.742. The van der Waals surface area contributed by atoms with Crippen molar-refractivity contribution in [3.05, 3.63) is 45.1 Å². The number of halogens is 1. The lowest BCUT2D eigenvalue weighted by Gasteiger charge is -2.32. The van der Waals surface area contributed by atoms with E-state index in [1.54, 1.807) is 17.4 Å². The molecule has 7 heteroatoms. The van der Waals surface area contributed by atoms with E-state index in [2.05, 4.69) is 15.0 Å². The van der Waals surface area contributed by atoms with Crippen LogP contribution in [0.15, 0.2) is 23.7 Å². The first kappa shape index (κ1) is 13.7. The molecule has 0 saturated carbocycles. The number of carbonyl (C=O) groups excluding carboxylic acids is 1. The number of amides is 1. The van der Waals surface area contributed by atoms with Crippen molar-refractivity contribution in [2.75, 3.05) is 6.54 Å². The second-order valence-electron chi connectivity index (χ2n) is 5.31. The monoisotopic (exact) mass is 332 g/mol. The Labute approximate surface area is 136 Å². The molecule has 1 amide bonds. The summed E-state index contributed by atoms with van der Waals surface area (Å²) < 4.78 is 0. The van der Waals surface area contributed by atoms with Crippen LogP contribution in [0, 0.1) is 0 Å². The van der Waals surface area contributed by atoms with Crippen LogP contribution in [-0.4, -0.2) is 32.3 Å².